The number of nitro benzene ring substituents is 1. The number of ether oxygens (including phenoxy) is 1. The first-order chi connectivity index (χ1) is 9.10. The summed E-state index contributed by atoms with van der Waals surface area (Å²) in [6, 6.07) is 12.0. The maximum Gasteiger partial charge on any atom is 0.273 e. The largest absolute Gasteiger partial charge is 0.457 e. The summed E-state index contributed by atoms with van der Waals surface area (Å²) < 4.78 is 5.71. The third kappa shape index (κ3) is 3.32. The molecule has 0 spiro atoms. The highest BCUT2D eigenvalue weighted by Gasteiger charge is 2.09. The van der Waals surface area contributed by atoms with Gasteiger partial charge in [-0.05, 0) is 19.1 Å². The van der Waals surface area contributed by atoms with Gasteiger partial charge in [-0.25, -0.2) is 0 Å². The maximum atomic E-state index is 10.7. The molecule has 19 heavy (non-hydrogen) atoms. The topological polar surface area (TPSA) is 52.4 Å². The van der Waals surface area contributed by atoms with Gasteiger partial charge in [-0.2, -0.15) is 0 Å². The maximum absolute atomic E-state index is 10.7. The van der Waals surface area contributed by atoms with Crippen LogP contribution in [0.5, 0.6) is 11.5 Å². The Labute approximate surface area is 119 Å². The van der Waals surface area contributed by atoms with Crippen molar-refractivity contribution in [1.29, 1.82) is 0 Å². The highest BCUT2D eigenvalue weighted by Crippen LogP contribution is 2.29. The summed E-state index contributed by atoms with van der Waals surface area (Å²) in [4.78, 5) is 10.3. The lowest BCUT2D eigenvalue weighted by molar-refractivity contribution is -0.384. The van der Waals surface area contributed by atoms with Crippen molar-refractivity contribution in [1.82, 2.24) is 0 Å². The van der Waals surface area contributed by atoms with Crippen LogP contribution in [0, 0.1) is 17.0 Å². The van der Waals surface area contributed by atoms with E-state index in [0.29, 0.717) is 16.8 Å². The highest BCUT2D eigenvalue weighted by molar-refractivity contribution is 9.08. The first-order valence-corrected chi connectivity index (χ1v) is 6.80. The van der Waals surface area contributed by atoms with Gasteiger partial charge in [-0.3, -0.25) is 10.1 Å². The molecule has 0 unspecified atom stereocenters. The Balaban J connectivity index is 2.30. The lowest BCUT2D eigenvalue weighted by atomic mass is 10.1. The number of hydrogen-bond donors (Lipinski definition) is 0. The van der Waals surface area contributed by atoms with Gasteiger partial charge in [-0.1, -0.05) is 39.7 Å². The van der Waals surface area contributed by atoms with Crippen LogP contribution in [0.1, 0.15) is 11.1 Å². The van der Waals surface area contributed by atoms with Gasteiger partial charge in [0.2, 0.25) is 0 Å². The zero-order chi connectivity index (χ0) is 13.8. The Bertz CT molecular complexity index is 613. The third-order valence-electron chi connectivity index (χ3n) is 2.62. The van der Waals surface area contributed by atoms with E-state index >= 15 is 0 Å². The predicted molar refractivity (Wildman–Crippen MR) is 77.0 cm³/mol. The average molecular weight is 322 g/mol. The standard InChI is InChI=1S/C14H12BrNO3/c1-10-5-6-14(11(7-10)9-15)19-13-4-2-3-12(8-13)16(17)18/h2-8H,9H2,1H3. The van der Waals surface area contributed by atoms with Gasteiger partial charge in [0.25, 0.3) is 5.69 Å². The molecule has 5 heteroatoms. The van der Waals surface area contributed by atoms with Crippen molar-refractivity contribution >= 4 is 21.6 Å². The third-order valence-corrected chi connectivity index (χ3v) is 3.22. The summed E-state index contributed by atoms with van der Waals surface area (Å²) in [5, 5.41) is 11.4. The van der Waals surface area contributed by atoms with Crippen LogP contribution in [0.15, 0.2) is 42.5 Å². The van der Waals surface area contributed by atoms with E-state index in [0.717, 1.165) is 11.1 Å². The molecule has 2 rings (SSSR count). The minimum atomic E-state index is -0.437. The smallest absolute Gasteiger partial charge is 0.273 e. The van der Waals surface area contributed by atoms with Crippen molar-refractivity contribution in [2.45, 2.75) is 12.3 Å². The monoisotopic (exact) mass is 321 g/mol. The first-order valence-electron chi connectivity index (χ1n) is 5.68. The number of non-ortho nitro benzene ring substituents is 1. The summed E-state index contributed by atoms with van der Waals surface area (Å²) in [6.07, 6.45) is 0. The fourth-order valence-electron chi connectivity index (χ4n) is 1.70. The summed E-state index contributed by atoms with van der Waals surface area (Å²) in [5.74, 6) is 1.16. The number of rotatable bonds is 4. The van der Waals surface area contributed by atoms with Crippen molar-refractivity contribution in [3.63, 3.8) is 0 Å². The lowest BCUT2D eigenvalue weighted by Gasteiger charge is -2.10. The van der Waals surface area contributed by atoms with E-state index in [2.05, 4.69) is 15.9 Å². The molecule has 0 aromatic heterocycles. The van der Waals surface area contributed by atoms with E-state index in [1.54, 1.807) is 12.1 Å². The molecule has 0 heterocycles. The van der Waals surface area contributed by atoms with Crippen LogP contribution in [-0.4, -0.2) is 4.92 Å². The van der Waals surface area contributed by atoms with E-state index < -0.39 is 4.92 Å². The van der Waals surface area contributed by atoms with Gasteiger partial charge in [0.1, 0.15) is 11.5 Å². The zero-order valence-corrected chi connectivity index (χ0v) is 11.9. The Morgan fingerprint density at radius 2 is 2.05 bits per heavy atom. The van der Waals surface area contributed by atoms with Crippen molar-refractivity contribution in [3.8, 4) is 11.5 Å². The molecule has 0 fully saturated rings. The Kier molecular flexibility index (Phi) is 4.16. The molecule has 0 saturated carbocycles. The lowest BCUT2D eigenvalue weighted by Crippen LogP contribution is -1.92. The summed E-state index contributed by atoms with van der Waals surface area (Å²) in [7, 11) is 0. The van der Waals surface area contributed by atoms with Gasteiger partial charge in [0.15, 0.2) is 0 Å². The average Bonchev–Trinajstić information content (AvgIpc) is 2.41. The molecule has 0 N–H and O–H groups in total. The molecule has 0 aliphatic heterocycles. The summed E-state index contributed by atoms with van der Waals surface area (Å²) in [6.45, 7) is 2.00. The molecule has 2 aromatic carbocycles. The van der Waals surface area contributed by atoms with Crippen LogP contribution in [0.25, 0.3) is 0 Å². The fourth-order valence-corrected chi connectivity index (χ4v) is 2.14. The second kappa shape index (κ2) is 5.84. The molecule has 0 aliphatic carbocycles. The van der Waals surface area contributed by atoms with Gasteiger partial charge >= 0.3 is 0 Å². The van der Waals surface area contributed by atoms with Crippen molar-refractivity contribution < 1.29 is 9.66 Å². The van der Waals surface area contributed by atoms with Crippen LogP contribution in [0.2, 0.25) is 0 Å². The van der Waals surface area contributed by atoms with Crippen molar-refractivity contribution in [2.75, 3.05) is 0 Å². The van der Waals surface area contributed by atoms with Crippen molar-refractivity contribution in [2.24, 2.45) is 0 Å². The number of benzene rings is 2. The molecule has 0 aliphatic rings. The van der Waals surface area contributed by atoms with Crippen LogP contribution in [-0.2, 0) is 5.33 Å². The van der Waals surface area contributed by atoms with E-state index in [1.807, 2.05) is 25.1 Å². The van der Waals surface area contributed by atoms with Gasteiger partial charge < -0.3 is 4.74 Å². The molecule has 0 bridgehead atoms. The second-order valence-electron chi connectivity index (χ2n) is 4.10. The molecule has 2 aromatic rings. The molecule has 0 atom stereocenters. The number of hydrogen-bond acceptors (Lipinski definition) is 3. The molecular formula is C14H12BrNO3. The Morgan fingerprint density at radius 1 is 1.26 bits per heavy atom. The number of nitrogens with zero attached hydrogens (tertiary/aromatic N) is 1. The highest BCUT2D eigenvalue weighted by atomic mass is 79.9. The molecule has 98 valence electrons. The van der Waals surface area contributed by atoms with E-state index in [1.165, 1.54) is 12.1 Å². The van der Waals surface area contributed by atoms with Crippen LogP contribution in [0.3, 0.4) is 0 Å². The predicted octanol–water partition coefficient (Wildman–Crippen LogP) is 4.59. The van der Waals surface area contributed by atoms with Gasteiger partial charge in [0.05, 0.1) is 11.0 Å². The van der Waals surface area contributed by atoms with E-state index in [4.69, 9.17) is 4.74 Å². The number of nitro groups is 1. The minimum Gasteiger partial charge on any atom is -0.457 e. The zero-order valence-electron chi connectivity index (χ0n) is 10.3. The summed E-state index contributed by atoms with van der Waals surface area (Å²) in [5.41, 5.74) is 2.16. The molecular weight excluding hydrogens is 310 g/mol. The SMILES string of the molecule is Cc1ccc(Oc2cccc([N+](=O)[O-])c2)c(CBr)c1. The molecule has 0 saturated heterocycles. The van der Waals surface area contributed by atoms with Crippen LogP contribution >= 0.6 is 15.9 Å². The Morgan fingerprint density at radius 3 is 2.74 bits per heavy atom. The summed E-state index contributed by atoms with van der Waals surface area (Å²) >= 11 is 3.41. The van der Waals surface area contributed by atoms with E-state index in [9.17, 15) is 10.1 Å². The van der Waals surface area contributed by atoms with E-state index in [-0.39, 0.29) is 5.69 Å². The molecule has 0 amide bonds. The van der Waals surface area contributed by atoms with Gasteiger partial charge in [0, 0.05) is 17.0 Å². The molecule has 0 radical (unpaired) electrons. The van der Waals surface area contributed by atoms with Crippen LogP contribution in [0.4, 0.5) is 5.69 Å². The minimum absolute atomic E-state index is 0.0185. The fraction of sp³-hybridized carbons (Fsp3) is 0.143. The normalized spacial score (nSPS) is 10.2. The van der Waals surface area contributed by atoms with Crippen LogP contribution < -0.4 is 4.74 Å². The van der Waals surface area contributed by atoms with Gasteiger partial charge in [-0.15, -0.1) is 0 Å². The number of alkyl halides is 1. The van der Waals surface area contributed by atoms with Crippen molar-refractivity contribution in [3.05, 3.63) is 63.7 Å². The number of halogens is 1. The quantitative estimate of drug-likeness (QED) is 0.470. The molecule has 4 nitrogen and oxygen atoms in total. The Hall–Kier alpha value is -1.88. The number of aryl methyl sites for hydroxylation is 1. The second-order valence-corrected chi connectivity index (χ2v) is 4.66. The first kappa shape index (κ1) is 13.5.